The van der Waals surface area contributed by atoms with Gasteiger partial charge in [-0.2, -0.15) is 0 Å². The summed E-state index contributed by atoms with van der Waals surface area (Å²) in [6.07, 6.45) is -0.0413. The Morgan fingerprint density at radius 2 is 1.95 bits per heavy atom. The third kappa shape index (κ3) is 3.81. The Morgan fingerprint density at radius 1 is 1.32 bits per heavy atom. The Bertz CT molecular complexity index is 666. The normalized spacial score (nSPS) is 19.3. The number of halogens is 1. The van der Waals surface area contributed by atoms with Gasteiger partial charge in [-0.05, 0) is 55.3 Å². The van der Waals surface area contributed by atoms with Crippen LogP contribution >= 0.6 is 15.9 Å². The summed E-state index contributed by atoms with van der Waals surface area (Å²) in [6.45, 7) is 5.92. The molecule has 1 saturated heterocycles. The summed E-state index contributed by atoms with van der Waals surface area (Å²) in [6, 6.07) is 6.74. The molecule has 122 valence electrons. The molecule has 0 saturated carbocycles. The number of sulfone groups is 1. The number of carbonyl (C=O) groups excluding carboxylic acids is 1. The Hall–Kier alpha value is -1.08. The van der Waals surface area contributed by atoms with Crippen molar-refractivity contribution >= 4 is 31.9 Å². The van der Waals surface area contributed by atoms with Crippen LogP contribution in [0.1, 0.15) is 27.2 Å². The number of ether oxygens (including phenoxy) is 1. The van der Waals surface area contributed by atoms with E-state index in [9.17, 15) is 13.2 Å². The van der Waals surface area contributed by atoms with Gasteiger partial charge in [-0.15, -0.1) is 0 Å². The van der Waals surface area contributed by atoms with Gasteiger partial charge in [0, 0.05) is 17.6 Å². The van der Waals surface area contributed by atoms with Crippen molar-refractivity contribution in [3.8, 4) is 0 Å². The number of hydrogen-bond acceptors (Lipinski definition) is 4. The Morgan fingerprint density at radius 3 is 2.55 bits per heavy atom. The Balaban J connectivity index is 2.13. The zero-order valence-electron chi connectivity index (χ0n) is 12.9. The molecule has 0 spiro atoms. The van der Waals surface area contributed by atoms with Crippen molar-refractivity contribution in [3.05, 3.63) is 28.7 Å². The molecular formula is C15H20BrNO4S. The minimum absolute atomic E-state index is 0.165. The minimum atomic E-state index is -3.48. The lowest BCUT2D eigenvalue weighted by Gasteiger charge is -2.24. The highest BCUT2D eigenvalue weighted by Crippen LogP contribution is 2.29. The standard InChI is InChI=1S/C15H20BrNO4S/c1-15(2,3)21-14(18)17-9-8-11(10-17)22(19,20)13-7-5-4-6-12(13)16/h4-7,11H,8-10H2,1-3H3/t11-/m0/s1. The first-order valence-electron chi connectivity index (χ1n) is 7.07. The van der Waals surface area contributed by atoms with Crippen LogP contribution in [0.3, 0.4) is 0 Å². The molecule has 0 aliphatic carbocycles. The Labute approximate surface area is 139 Å². The first kappa shape index (κ1) is 17.3. The minimum Gasteiger partial charge on any atom is -0.444 e. The molecule has 1 aliphatic rings. The van der Waals surface area contributed by atoms with Crippen LogP contribution in [0.2, 0.25) is 0 Å². The molecule has 1 aromatic rings. The van der Waals surface area contributed by atoms with Gasteiger partial charge in [-0.3, -0.25) is 0 Å². The van der Waals surface area contributed by atoms with E-state index < -0.39 is 26.8 Å². The van der Waals surface area contributed by atoms with Crippen molar-refractivity contribution in [2.45, 2.75) is 42.9 Å². The maximum absolute atomic E-state index is 12.7. The van der Waals surface area contributed by atoms with Crippen molar-refractivity contribution in [3.63, 3.8) is 0 Å². The lowest BCUT2D eigenvalue weighted by atomic mass is 10.2. The van der Waals surface area contributed by atoms with Crippen molar-refractivity contribution in [2.75, 3.05) is 13.1 Å². The number of benzene rings is 1. The van der Waals surface area contributed by atoms with Crippen LogP contribution in [0.5, 0.6) is 0 Å². The molecule has 1 amide bonds. The zero-order chi connectivity index (χ0) is 16.5. The summed E-state index contributed by atoms with van der Waals surface area (Å²) in [5.74, 6) is 0. The van der Waals surface area contributed by atoms with Crippen LogP contribution in [0.15, 0.2) is 33.6 Å². The molecule has 0 radical (unpaired) electrons. The monoisotopic (exact) mass is 389 g/mol. The molecule has 1 aliphatic heterocycles. The van der Waals surface area contributed by atoms with Gasteiger partial charge < -0.3 is 9.64 Å². The molecule has 0 N–H and O–H groups in total. The molecular weight excluding hydrogens is 370 g/mol. The van der Waals surface area contributed by atoms with Crippen LogP contribution in [0.25, 0.3) is 0 Å². The quantitative estimate of drug-likeness (QED) is 0.778. The molecule has 1 aromatic carbocycles. The second kappa shape index (κ2) is 6.20. The molecule has 22 heavy (non-hydrogen) atoms. The molecule has 0 aromatic heterocycles. The number of likely N-dealkylation sites (tertiary alicyclic amines) is 1. The summed E-state index contributed by atoms with van der Waals surface area (Å²) < 4.78 is 31.2. The number of nitrogens with zero attached hydrogens (tertiary/aromatic N) is 1. The average molecular weight is 390 g/mol. The Kier molecular flexibility index (Phi) is 4.87. The summed E-state index contributed by atoms with van der Waals surface area (Å²) in [5, 5.41) is -0.598. The molecule has 1 atom stereocenters. The lowest BCUT2D eigenvalue weighted by molar-refractivity contribution is 0.0295. The first-order chi connectivity index (χ1) is 10.1. The molecule has 2 rings (SSSR count). The maximum atomic E-state index is 12.7. The van der Waals surface area contributed by atoms with E-state index >= 15 is 0 Å². The van der Waals surface area contributed by atoms with Crippen LogP contribution in [-0.4, -0.2) is 43.4 Å². The fourth-order valence-electron chi connectivity index (χ4n) is 2.33. The van der Waals surface area contributed by atoms with Crippen molar-refractivity contribution in [2.24, 2.45) is 0 Å². The topological polar surface area (TPSA) is 63.7 Å². The van der Waals surface area contributed by atoms with E-state index in [0.29, 0.717) is 17.4 Å². The largest absolute Gasteiger partial charge is 0.444 e. The predicted molar refractivity (Wildman–Crippen MR) is 87.5 cm³/mol. The van der Waals surface area contributed by atoms with Crippen molar-refractivity contribution in [1.29, 1.82) is 0 Å². The molecule has 7 heteroatoms. The highest BCUT2D eigenvalue weighted by atomic mass is 79.9. The summed E-state index contributed by atoms with van der Waals surface area (Å²) in [4.78, 5) is 13.8. The highest BCUT2D eigenvalue weighted by molar-refractivity contribution is 9.10. The van der Waals surface area contributed by atoms with Gasteiger partial charge in [0.25, 0.3) is 0 Å². The van der Waals surface area contributed by atoms with Gasteiger partial charge >= 0.3 is 6.09 Å². The molecule has 1 heterocycles. The van der Waals surface area contributed by atoms with E-state index in [-0.39, 0.29) is 11.4 Å². The van der Waals surface area contributed by atoms with E-state index in [2.05, 4.69) is 15.9 Å². The second-order valence-corrected chi connectivity index (χ2v) is 9.36. The highest BCUT2D eigenvalue weighted by Gasteiger charge is 2.38. The smallest absolute Gasteiger partial charge is 0.410 e. The molecule has 1 fully saturated rings. The summed E-state index contributed by atoms with van der Waals surface area (Å²) in [7, 11) is -3.48. The molecule has 5 nitrogen and oxygen atoms in total. The average Bonchev–Trinajstić information content (AvgIpc) is 2.87. The van der Waals surface area contributed by atoms with Gasteiger partial charge in [0.15, 0.2) is 9.84 Å². The van der Waals surface area contributed by atoms with Crippen LogP contribution in [0, 0.1) is 0 Å². The number of amides is 1. The van der Waals surface area contributed by atoms with Gasteiger partial charge in [0.2, 0.25) is 0 Å². The fourth-order valence-corrected chi connectivity index (χ4v) is 5.05. The van der Waals surface area contributed by atoms with Crippen molar-refractivity contribution < 1.29 is 17.9 Å². The number of rotatable bonds is 2. The fraction of sp³-hybridized carbons (Fsp3) is 0.533. The van der Waals surface area contributed by atoms with Crippen LogP contribution < -0.4 is 0 Å². The van der Waals surface area contributed by atoms with Crippen molar-refractivity contribution in [1.82, 2.24) is 4.90 Å². The van der Waals surface area contributed by atoms with E-state index in [1.54, 1.807) is 45.0 Å². The van der Waals surface area contributed by atoms with Gasteiger partial charge in [0.05, 0.1) is 10.1 Å². The summed E-state index contributed by atoms with van der Waals surface area (Å²) >= 11 is 3.28. The lowest BCUT2D eigenvalue weighted by Crippen LogP contribution is -2.36. The SMILES string of the molecule is CC(C)(C)OC(=O)N1CC[C@H](S(=O)(=O)c2ccccc2Br)C1. The van der Waals surface area contributed by atoms with Gasteiger partial charge in [-0.1, -0.05) is 12.1 Å². The summed E-state index contributed by atoms with van der Waals surface area (Å²) in [5.41, 5.74) is -0.587. The molecule has 0 bridgehead atoms. The van der Waals surface area contributed by atoms with E-state index in [4.69, 9.17) is 4.74 Å². The van der Waals surface area contributed by atoms with E-state index in [1.165, 1.54) is 4.90 Å². The van der Waals surface area contributed by atoms with Crippen LogP contribution in [0.4, 0.5) is 4.79 Å². The third-order valence-corrected chi connectivity index (χ3v) is 6.56. The third-order valence-electron chi connectivity index (χ3n) is 3.38. The first-order valence-corrected chi connectivity index (χ1v) is 9.41. The second-order valence-electron chi connectivity index (χ2n) is 6.31. The van der Waals surface area contributed by atoms with E-state index in [0.717, 1.165) is 0 Å². The van der Waals surface area contributed by atoms with Crippen LogP contribution in [-0.2, 0) is 14.6 Å². The maximum Gasteiger partial charge on any atom is 0.410 e. The zero-order valence-corrected chi connectivity index (χ0v) is 15.3. The van der Waals surface area contributed by atoms with Gasteiger partial charge in [-0.25, -0.2) is 13.2 Å². The predicted octanol–water partition coefficient (Wildman–Crippen LogP) is 3.23. The number of hydrogen-bond donors (Lipinski definition) is 0. The molecule has 0 unspecified atom stereocenters. The number of carbonyl (C=O) groups is 1. The van der Waals surface area contributed by atoms with E-state index in [1.807, 2.05) is 0 Å². The van der Waals surface area contributed by atoms with Gasteiger partial charge in [0.1, 0.15) is 5.60 Å².